The maximum Gasteiger partial charge on any atom is 0.0764 e. The largest absolute Gasteiger partial charge is 0.391 e. The van der Waals surface area contributed by atoms with Gasteiger partial charge >= 0.3 is 0 Å². The third kappa shape index (κ3) is 2.63. The third-order valence-corrected chi connectivity index (χ3v) is 5.13. The molecular weight excluding hydrogens is 290 g/mol. The molecule has 1 unspecified atom stereocenters. The maximum atomic E-state index is 10.7. The van der Waals surface area contributed by atoms with Crippen molar-refractivity contribution >= 4 is 15.9 Å². The van der Waals surface area contributed by atoms with E-state index in [1.165, 1.54) is 18.4 Å². The molecule has 3 heteroatoms. The van der Waals surface area contributed by atoms with E-state index in [4.69, 9.17) is 0 Å². The molecule has 0 heterocycles. The minimum Gasteiger partial charge on any atom is -0.391 e. The molecule has 0 aromatic heterocycles. The summed E-state index contributed by atoms with van der Waals surface area (Å²) in [6.07, 6.45) is 5.08. The summed E-state index contributed by atoms with van der Waals surface area (Å²) < 4.78 is 1.09. The van der Waals surface area contributed by atoms with Gasteiger partial charge in [-0.25, -0.2) is 0 Å². The van der Waals surface area contributed by atoms with Crippen LogP contribution in [0.15, 0.2) is 28.7 Å². The van der Waals surface area contributed by atoms with Crippen molar-refractivity contribution in [1.29, 1.82) is 0 Å². The average molecular weight is 312 g/mol. The van der Waals surface area contributed by atoms with Gasteiger partial charge in [-0.15, -0.1) is 0 Å². The number of rotatable bonds is 4. The van der Waals surface area contributed by atoms with Gasteiger partial charge in [0.25, 0.3) is 0 Å². The lowest BCUT2D eigenvalue weighted by Gasteiger charge is -2.40. The van der Waals surface area contributed by atoms with E-state index in [-0.39, 0.29) is 11.6 Å². The van der Waals surface area contributed by atoms with Crippen LogP contribution in [0.4, 0.5) is 0 Å². The van der Waals surface area contributed by atoms with Crippen LogP contribution in [0.2, 0.25) is 0 Å². The fraction of sp³-hybridized carbons (Fsp3) is 0.600. The zero-order valence-electron chi connectivity index (χ0n) is 11.2. The van der Waals surface area contributed by atoms with Gasteiger partial charge in [0.05, 0.1) is 6.10 Å². The molecule has 0 saturated heterocycles. The van der Waals surface area contributed by atoms with Crippen LogP contribution >= 0.6 is 15.9 Å². The molecule has 1 atom stereocenters. The molecule has 18 heavy (non-hydrogen) atoms. The van der Waals surface area contributed by atoms with Crippen molar-refractivity contribution < 1.29 is 5.11 Å². The minimum atomic E-state index is -0.298. The second-order valence-corrected chi connectivity index (χ2v) is 6.37. The van der Waals surface area contributed by atoms with Crippen LogP contribution in [0.3, 0.4) is 0 Å². The Bertz CT molecular complexity index is 399. The highest BCUT2D eigenvalue weighted by molar-refractivity contribution is 9.10. The molecule has 100 valence electrons. The van der Waals surface area contributed by atoms with Gasteiger partial charge in [-0.2, -0.15) is 0 Å². The predicted octanol–water partition coefficient (Wildman–Crippen LogP) is 3.23. The van der Waals surface area contributed by atoms with Crippen molar-refractivity contribution in [3.63, 3.8) is 0 Å². The number of nitrogens with zero attached hydrogens (tertiary/aromatic N) is 1. The molecule has 0 bridgehead atoms. The number of aliphatic hydroxyl groups is 1. The lowest BCUT2D eigenvalue weighted by atomic mass is 9.85. The number of likely N-dealkylation sites (N-methyl/N-ethyl adjacent to an activating group) is 1. The second kappa shape index (κ2) is 5.72. The van der Waals surface area contributed by atoms with Gasteiger partial charge in [-0.1, -0.05) is 47.0 Å². The number of benzene rings is 1. The van der Waals surface area contributed by atoms with Crippen molar-refractivity contribution in [2.75, 3.05) is 14.1 Å². The zero-order valence-corrected chi connectivity index (χ0v) is 12.8. The monoisotopic (exact) mass is 311 g/mol. The van der Waals surface area contributed by atoms with E-state index in [2.05, 4.69) is 41.0 Å². The molecule has 1 aliphatic rings. The molecule has 1 aromatic carbocycles. The summed E-state index contributed by atoms with van der Waals surface area (Å²) in [5.41, 5.74) is 1.16. The Morgan fingerprint density at radius 2 is 1.89 bits per heavy atom. The number of hydrogen-bond donors (Lipinski definition) is 1. The van der Waals surface area contributed by atoms with E-state index in [0.717, 1.165) is 23.7 Å². The normalized spacial score (nSPS) is 20.3. The van der Waals surface area contributed by atoms with Gasteiger partial charge in [0.2, 0.25) is 0 Å². The Balaban J connectivity index is 2.16. The van der Waals surface area contributed by atoms with Crippen LogP contribution < -0.4 is 0 Å². The van der Waals surface area contributed by atoms with Crippen molar-refractivity contribution in [2.24, 2.45) is 0 Å². The van der Waals surface area contributed by atoms with E-state index < -0.39 is 0 Å². The van der Waals surface area contributed by atoms with Crippen LogP contribution in [0.5, 0.6) is 0 Å². The lowest BCUT2D eigenvalue weighted by Crippen LogP contribution is -2.52. The van der Waals surface area contributed by atoms with Crippen molar-refractivity contribution in [3.8, 4) is 0 Å². The van der Waals surface area contributed by atoms with Gasteiger partial charge in [-0.3, -0.25) is 0 Å². The Morgan fingerprint density at radius 1 is 1.28 bits per heavy atom. The van der Waals surface area contributed by atoms with Gasteiger partial charge < -0.3 is 10.0 Å². The highest BCUT2D eigenvalue weighted by Gasteiger charge is 2.42. The molecule has 0 spiro atoms. The standard InChI is InChI=1S/C15H22BrNO/c1-17(2)15(9-5-6-10-15)14(18)11-12-7-3-4-8-13(12)16/h3-4,7-8,14,18H,5-6,9-11H2,1-2H3. The third-order valence-electron chi connectivity index (χ3n) is 4.35. The highest BCUT2D eigenvalue weighted by atomic mass is 79.9. The smallest absolute Gasteiger partial charge is 0.0764 e. The molecule has 0 radical (unpaired) electrons. The predicted molar refractivity (Wildman–Crippen MR) is 78.7 cm³/mol. The molecular formula is C15H22BrNO. The van der Waals surface area contributed by atoms with Crippen molar-refractivity contribution in [2.45, 2.75) is 43.7 Å². The summed E-state index contributed by atoms with van der Waals surface area (Å²) in [5.74, 6) is 0. The zero-order chi connectivity index (χ0) is 13.2. The van der Waals surface area contributed by atoms with Crippen LogP contribution in [-0.4, -0.2) is 35.7 Å². The molecule has 1 saturated carbocycles. The van der Waals surface area contributed by atoms with E-state index in [9.17, 15) is 5.11 Å². The molecule has 1 fully saturated rings. The minimum absolute atomic E-state index is 0.0325. The molecule has 0 aliphatic heterocycles. The van der Waals surface area contributed by atoms with E-state index in [1.54, 1.807) is 0 Å². The van der Waals surface area contributed by atoms with Gasteiger partial charge in [0.1, 0.15) is 0 Å². The Morgan fingerprint density at radius 3 is 2.44 bits per heavy atom. The van der Waals surface area contributed by atoms with Gasteiger partial charge in [0.15, 0.2) is 0 Å². The van der Waals surface area contributed by atoms with E-state index >= 15 is 0 Å². The topological polar surface area (TPSA) is 23.5 Å². The highest BCUT2D eigenvalue weighted by Crippen LogP contribution is 2.38. The van der Waals surface area contributed by atoms with Crippen molar-refractivity contribution in [3.05, 3.63) is 34.3 Å². The molecule has 0 amide bonds. The number of hydrogen-bond acceptors (Lipinski definition) is 2. The maximum absolute atomic E-state index is 10.7. The number of aliphatic hydroxyl groups excluding tert-OH is 1. The summed E-state index contributed by atoms with van der Waals surface area (Å²) in [6.45, 7) is 0. The summed E-state index contributed by atoms with van der Waals surface area (Å²) in [5, 5.41) is 10.7. The van der Waals surface area contributed by atoms with Crippen molar-refractivity contribution in [1.82, 2.24) is 4.90 Å². The molecule has 1 aliphatic carbocycles. The first-order valence-electron chi connectivity index (χ1n) is 6.65. The molecule has 2 nitrogen and oxygen atoms in total. The van der Waals surface area contributed by atoms with Crippen LogP contribution in [0.25, 0.3) is 0 Å². The second-order valence-electron chi connectivity index (χ2n) is 5.52. The summed E-state index contributed by atoms with van der Waals surface area (Å²) in [4.78, 5) is 2.22. The first kappa shape index (κ1) is 14.0. The summed E-state index contributed by atoms with van der Waals surface area (Å²) in [6, 6.07) is 8.17. The summed E-state index contributed by atoms with van der Waals surface area (Å²) >= 11 is 3.56. The number of halogens is 1. The fourth-order valence-electron chi connectivity index (χ4n) is 3.13. The molecule has 1 aromatic rings. The molecule has 1 N–H and O–H groups in total. The van der Waals surface area contributed by atoms with Gasteiger partial charge in [0, 0.05) is 16.4 Å². The van der Waals surface area contributed by atoms with Crippen LogP contribution in [0.1, 0.15) is 31.2 Å². The Hall–Kier alpha value is -0.380. The SMILES string of the molecule is CN(C)C1(C(O)Cc2ccccc2Br)CCCC1. The van der Waals surface area contributed by atoms with Gasteiger partial charge in [-0.05, 0) is 38.6 Å². The first-order valence-corrected chi connectivity index (χ1v) is 7.44. The van der Waals surface area contributed by atoms with Crippen LogP contribution in [0, 0.1) is 0 Å². The van der Waals surface area contributed by atoms with E-state index in [1.807, 2.05) is 18.2 Å². The Labute approximate surface area is 118 Å². The van der Waals surface area contributed by atoms with Crippen LogP contribution in [-0.2, 0) is 6.42 Å². The quantitative estimate of drug-likeness (QED) is 0.923. The fourth-order valence-corrected chi connectivity index (χ4v) is 3.57. The summed E-state index contributed by atoms with van der Waals surface area (Å²) in [7, 11) is 4.18. The Kier molecular flexibility index (Phi) is 4.46. The van der Waals surface area contributed by atoms with E-state index in [0.29, 0.717) is 0 Å². The first-order chi connectivity index (χ1) is 8.56. The lowest BCUT2D eigenvalue weighted by molar-refractivity contribution is -0.00259. The molecule has 2 rings (SSSR count). The average Bonchev–Trinajstić information content (AvgIpc) is 2.82.